The second kappa shape index (κ2) is 7.05. The molecule has 2 aliphatic heterocycles. The number of piperidine rings is 1. The minimum absolute atomic E-state index is 0.0195. The van der Waals surface area contributed by atoms with Gasteiger partial charge in [0.1, 0.15) is 5.82 Å². The van der Waals surface area contributed by atoms with Crippen LogP contribution < -0.4 is 0 Å². The summed E-state index contributed by atoms with van der Waals surface area (Å²) in [5, 5.41) is 1.21. The normalized spacial score (nSPS) is 23.5. The van der Waals surface area contributed by atoms with Crippen LogP contribution in [0, 0.1) is 17.7 Å². The van der Waals surface area contributed by atoms with Crippen LogP contribution in [0.4, 0.5) is 4.39 Å². The monoisotopic (exact) mass is 351 g/mol. The second-order valence-corrected chi connectivity index (χ2v) is 8.67. The van der Waals surface area contributed by atoms with Crippen LogP contribution >= 0.6 is 0 Å². The van der Waals surface area contributed by atoms with Gasteiger partial charge >= 0.3 is 0 Å². The minimum atomic E-state index is -3.11. The number of rotatable bonds is 4. The lowest BCUT2D eigenvalue weighted by atomic mass is 9.89. The number of hydrogen-bond acceptors (Lipinski definition) is 3. The molecule has 3 rings (SSSR count). The molecule has 0 saturated carbocycles. The maximum absolute atomic E-state index is 13.7. The molecule has 1 fully saturated rings. The number of carbonyl (C=O) groups excluding carboxylic acids is 1. The third kappa shape index (κ3) is 4.23. The van der Waals surface area contributed by atoms with Crippen molar-refractivity contribution in [3.63, 3.8) is 0 Å². The van der Waals surface area contributed by atoms with Crippen molar-refractivity contribution in [2.24, 2.45) is 11.8 Å². The van der Waals surface area contributed by atoms with Crippen molar-refractivity contribution in [1.82, 2.24) is 4.90 Å². The zero-order chi connectivity index (χ0) is 17.2. The first-order chi connectivity index (χ1) is 11.4. The van der Waals surface area contributed by atoms with Crippen LogP contribution in [0.15, 0.2) is 35.7 Å². The maximum Gasteiger partial charge on any atom is 0.223 e. The molecule has 1 atom stereocenters. The van der Waals surface area contributed by atoms with Gasteiger partial charge in [0.2, 0.25) is 5.91 Å². The molecule has 0 unspecified atom stereocenters. The van der Waals surface area contributed by atoms with Crippen LogP contribution in [-0.4, -0.2) is 38.1 Å². The van der Waals surface area contributed by atoms with E-state index in [4.69, 9.17) is 0 Å². The summed E-state index contributed by atoms with van der Waals surface area (Å²) in [7, 11) is -3.11. The molecule has 0 radical (unpaired) electrons. The number of amides is 1. The number of benzene rings is 1. The first-order valence-corrected chi connectivity index (χ1v) is 10.1. The third-order valence-corrected chi connectivity index (χ3v) is 6.34. The van der Waals surface area contributed by atoms with Gasteiger partial charge in [-0.25, -0.2) is 12.8 Å². The Balaban J connectivity index is 1.47. The van der Waals surface area contributed by atoms with Gasteiger partial charge in [0.15, 0.2) is 9.84 Å². The highest BCUT2D eigenvalue weighted by atomic mass is 32.2. The Labute approximate surface area is 142 Å². The molecule has 1 amide bonds. The lowest BCUT2D eigenvalue weighted by molar-refractivity contribution is -0.133. The molecular weight excluding hydrogens is 329 g/mol. The average Bonchev–Trinajstić information content (AvgIpc) is 2.89. The Bertz CT molecular complexity index is 736. The molecular formula is C18H22FNO3S. The zero-order valence-electron chi connectivity index (χ0n) is 13.5. The first kappa shape index (κ1) is 17.1. The molecule has 0 aliphatic carbocycles. The number of carbonyl (C=O) groups is 1. The summed E-state index contributed by atoms with van der Waals surface area (Å²) >= 11 is 0. The molecule has 24 heavy (non-hydrogen) atoms. The average molecular weight is 351 g/mol. The van der Waals surface area contributed by atoms with Gasteiger partial charge in [0.05, 0.1) is 5.75 Å². The van der Waals surface area contributed by atoms with Gasteiger partial charge in [-0.2, -0.15) is 0 Å². The van der Waals surface area contributed by atoms with Gasteiger partial charge in [-0.15, -0.1) is 0 Å². The van der Waals surface area contributed by atoms with E-state index in [1.807, 2.05) is 17.0 Å². The van der Waals surface area contributed by atoms with Crippen molar-refractivity contribution in [3.05, 3.63) is 47.1 Å². The summed E-state index contributed by atoms with van der Waals surface area (Å²) in [6.07, 6.45) is 4.31. The Morgan fingerprint density at radius 3 is 2.54 bits per heavy atom. The van der Waals surface area contributed by atoms with Crippen molar-refractivity contribution in [2.45, 2.75) is 25.7 Å². The van der Waals surface area contributed by atoms with E-state index in [0.29, 0.717) is 25.4 Å². The van der Waals surface area contributed by atoms with Gasteiger partial charge in [0.25, 0.3) is 0 Å². The molecule has 0 N–H and O–H groups in total. The summed E-state index contributed by atoms with van der Waals surface area (Å²) in [6, 6.07) is 6.84. The molecule has 0 bridgehead atoms. The molecule has 4 nitrogen and oxygen atoms in total. The number of allylic oxidation sites excluding steroid dienone is 1. The zero-order valence-corrected chi connectivity index (χ0v) is 14.3. The lowest BCUT2D eigenvalue weighted by Gasteiger charge is -2.32. The van der Waals surface area contributed by atoms with E-state index in [2.05, 4.69) is 0 Å². The quantitative estimate of drug-likeness (QED) is 0.838. The van der Waals surface area contributed by atoms with Crippen LogP contribution in [0.2, 0.25) is 0 Å². The summed E-state index contributed by atoms with van der Waals surface area (Å²) in [6.45, 7) is 1.34. The predicted octanol–water partition coefficient (Wildman–Crippen LogP) is 2.56. The van der Waals surface area contributed by atoms with E-state index in [1.165, 1.54) is 11.5 Å². The Morgan fingerprint density at radius 2 is 1.92 bits per heavy atom. The second-order valence-electron chi connectivity index (χ2n) is 6.74. The summed E-state index contributed by atoms with van der Waals surface area (Å²) in [5.41, 5.74) is 0.739. The van der Waals surface area contributed by atoms with E-state index in [0.717, 1.165) is 18.4 Å². The van der Waals surface area contributed by atoms with Crippen molar-refractivity contribution in [2.75, 3.05) is 18.8 Å². The van der Waals surface area contributed by atoms with Crippen molar-refractivity contribution < 1.29 is 17.6 Å². The molecule has 6 heteroatoms. The van der Waals surface area contributed by atoms with Crippen LogP contribution in [0.3, 0.4) is 0 Å². The van der Waals surface area contributed by atoms with Gasteiger partial charge in [0, 0.05) is 30.8 Å². The third-order valence-electron chi connectivity index (χ3n) is 4.87. The Hall–Kier alpha value is -1.69. The maximum atomic E-state index is 13.7. The van der Waals surface area contributed by atoms with Gasteiger partial charge < -0.3 is 4.90 Å². The van der Waals surface area contributed by atoms with Crippen LogP contribution in [0.1, 0.15) is 24.8 Å². The first-order valence-electron chi connectivity index (χ1n) is 8.35. The Kier molecular flexibility index (Phi) is 5.04. The SMILES string of the molecule is O=C(C[C@@H]1C=CS(=O)(=O)C1)N1CCC(Cc2ccccc2F)CC1. The number of sulfone groups is 1. The van der Waals surface area contributed by atoms with E-state index < -0.39 is 9.84 Å². The molecule has 1 saturated heterocycles. The van der Waals surface area contributed by atoms with Crippen molar-refractivity contribution in [3.8, 4) is 0 Å². The molecule has 1 aromatic rings. The van der Waals surface area contributed by atoms with Crippen molar-refractivity contribution >= 4 is 15.7 Å². The van der Waals surface area contributed by atoms with Gasteiger partial charge in [-0.05, 0) is 36.8 Å². The fraction of sp³-hybridized carbons (Fsp3) is 0.500. The summed E-state index contributed by atoms with van der Waals surface area (Å²) in [4.78, 5) is 14.1. The number of halogens is 1. The Morgan fingerprint density at radius 1 is 1.21 bits per heavy atom. The van der Waals surface area contributed by atoms with E-state index in [9.17, 15) is 17.6 Å². The summed E-state index contributed by atoms with van der Waals surface area (Å²) < 4.78 is 36.5. The molecule has 2 aliphatic rings. The highest BCUT2D eigenvalue weighted by molar-refractivity contribution is 7.94. The fourth-order valence-electron chi connectivity index (χ4n) is 3.48. The molecule has 0 aromatic heterocycles. The van der Waals surface area contributed by atoms with Crippen LogP contribution in [0.5, 0.6) is 0 Å². The highest BCUT2D eigenvalue weighted by Crippen LogP contribution is 2.25. The van der Waals surface area contributed by atoms with Crippen LogP contribution in [-0.2, 0) is 21.1 Å². The predicted molar refractivity (Wildman–Crippen MR) is 90.4 cm³/mol. The number of likely N-dealkylation sites (tertiary alicyclic amines) is 1. The number of hydrogen-bond donors (Lipinski definition) is 0. The van der Waals surface area contributed by atoms with E-state index >= 15 is 0 Å². The molecule has 2 heterocycles. The fourth-order valence-corrected chi connectivity index (χ4v) is 4.88. The van der Waals surface area contributed by atoms with Gasteiger partial charge in [-0.1, -0.05) is 24.3 Å². The summed E-state index contributed by atoms with van der Waals surface area (Å²) in [5.74, 6) is 0.0929. The molecule has 0 spiro atoms. The molecule has 1 aromatic carbocycles. The minimum Gasteiger partial charge on any atom is -0.343 e. The van der Waals surface area contributed by atoms with Crippen molar-refractivity contribution in [1.29, 1.82) is 0 Å². The lowest BCUT2D eigenvalue weighted by Crippen LogP contribution is -2.39. The van der Waals surface area contributed by atoms with E-state index in [-0.39, 0.29) is 29.8 Å². The van der Waals surface area contributed by atoms with Gasteiger partial charge in [-0.3, -0.25) is 4.79 Å². The number of nitrogens with zero attached hydrogens (tertiary/aromatic N) is 1. The topological polar surface area (TPSA) is 54.5 Å². The standard InChI is InChI=1S/C18H22FNO3S/c19-17-4-2-1-3-16(17)11-14-5-8-20(9-6-14)18(21)12-15-7-10-24(22,23)13-15/h1-4,7,10,14-15H,5-6,8-9,11-13H2/t15-/m0/s1. The van der Waals surface area contributed by atoms with Crippen LogP contribution in [0.25, 0.3) is 0 Å². The highest BCUT2D eigenvalue weighted by Gasteiger charge is 2.28. The smallest absolute Gasteiger partial charge is 0.223 e. The largest absolute Gasteiger partial charge is 0.343 e. The van der Waals surface area contributed by atoms with E-state index in [1.54, 1.807) is 12.1 Å². The molecule has 130 valence electrons.